The highest BCUT2D eigenvalue weighted by atomic mass is 32.2. The maximum atomic E-state index is 12.9. The van der Waals surface area contributed by atoms with Crippen LogP contribution in [0.3, 0.4) is 0 Å². The Morgan fingerprint density at radius 2 is 1.60 bits per heavy atom. The van der Waals surface area contributed by atoms with Gasteiger partial charge in [0.05, 0.1) is 4.90 Å². The molecule has 0 spiro atoms. The Morgan fingerprint density at radius 3 is 2.17 bits per heavy atom. The van der Waals surface area contributed by atoms with Crippen LogP contribution in [0.25, 0.3) is 0 Å². The minimum atomic E-state index is -3.64. The molecule has 2 aromatic rings. The number of aryl methyl sites for hydroxylation is 1. The molecule has 0 saturated carbocycles. The van der Waals surface area contributed by atoms with E-state index in [0.717, 1.165) is 4.31 Å². The summed E-state index contributed by atoms with van der Waals surface area (Å²) in [5.41, 5.74) is 1.69. The number of benzene rings is 2. The fourth-order valence-electron chi connectivity index (χ4n) is 2.68. The van der Waals surface area contributed by atoms with E-state index in [1.54, 1.807) is 37.3 Å². The first kappa shape index (κ1) is 23.4. The van der Waals surface area contributed by atoms with Crippen molar-refractivity contribution in [3.05, 3.63) is 54.1 Å². The fraction of sp³-hybridized carbons (Fsp3) is 0.333. The molecule has 3 N–H and O–H groups in total. The SMILES string of the molecule is Cc1ccc(S(=O)(=O)N(C)C)cc1NC(=O)C(NC(=O)Nc1ccccc1)C(C)C. The summed E-state index contributed by atoms with van der Waals surface area (Å²) in [6.45, 7) is 5.39. The standard InChI is InChI=1S/C21H28N4O4S/c1-14(2)19(24-21(27)22-16-9-7-6-8-10-16)20(26)23-18-13-17(12-11-15(18)3)30(28,29)25(4)5/h6-14,19H,1-5H3,(H,23,26)(H2,22,24,27). The zero-order valence-corrected chi connectivity index (χ0v) is 18.6. The fourth-order valence-corrected chi connectivity index (χ4v) is 3.61. The van der Waals surface area contributed by atoms with Gasteiger partial charge >= 0.3 is 6.03 Å². The summed E-state index contributed by atoms with van der Waals surface area (Å²) in [4.78, 5) is 25.3. The predicted molar refractivity (Wildman–Crippen MR) is 118 cm³/mol. The van der Waals surface area contributed by atoms with E-state index in [1.165, 1.54) is 26.2 Å². The summed E-state index contributed by atoms with van der Waals surface area (Å²) in [6, 6.07) is 12.1. The lowest BCUT2D eigenvalue weighted by atomic mass is 10.0. The van der Waals surface area contributed by atoms with Crippen molar-refractivity contribution < 1.29 is 18.0 Å². The molecular weight excluding hydrogens is 404 g/mol. The molecular formula is C21H28N4O4S. The number of anilines is 2. The molecule has 0 bridgehead atoms. The zero-order valence-electron chi connectivity index (χ0n) is 17.8. The van der Waals surface area contributed by atoms with E-state index in [9.17, 15) is 18.0 Å². The smallest absolute Gasteiger partial charge is 0.319 e. The van der Waals surface area contributed by atoms with Crippen LogP contribution in [0.5, 0.6) is 0 Å². The molecule has 2 rings (SSSR count). The normalized spacial score (nSPS) is 12.5. The second-order valence-electron chi connectivity index (χ2n) is 7.44. The van der Waals surface area contributed by atoms with Crippen LogP contribution < -0.4 is 16.0 Å². The van der Waals surface area contributed by atoms with Crippen LogP contribution in [0.1, 0.15) is 19.4 Å². The Bertz CT molecular complexity index is 1000. The summed E-state index contributed by atoms with van der Waals surface area (Å²) in [5, 5.41) is 8.11. The lowest BCUT2D eigenvalue weighted by molar-refractivity contribution is -0.118. The number of nitrogens with zero attached hydrogens (tertiary/aromatic N) is 1. The molecule has 0 heterocycles. The quantitative estimate of drug-likeness (QED) is 0.625. The number of carbonyl (C=O) groups excluding carboxylic acids is 2. The third-order valence-electron chi connectivity index (χ3n) is 4.51. The van der Waals surface area contributed by atoms with Crippen molar-refractivity contribution in [2.45, 2.75) is 31.7 Å². The highest BCUT2D eigenvalue weighted by Gasteiger charge is 2.25. The first-order chi connectivity index (χ1) is 14.0. The van der Waals surface area contributed by atoms with Crippen molar-refractivity contribution in [2.24, 2.45) is 5.92 Å². The number of hydrogen-bond acceptors (Lipinski definition) is 4. The van der Waals surface area contributed by atoms with Gasteiger partial charge in [-0.05, 0) is 42.7 Å². The van der Waals surface area contributed by atoms with Crippen LogP contribution in [0, 0.1) is 12.8 Å². The third kappa shape index (κ3) is 5.80. The number of amides is 3. The molecule has 0 aliphatic rings. The number of carbonyl (C=O) groups is 2. The Kier molecular flexibility index (Phi) is 7.58. The van der Waals surface area contributed by atoms with Crippen LogP contribution in [-0.4, -0.2) is 44.8 Å². The summed E-state index contributed by atoms with van der Waals surface area (Å²) in [6.07, 6.45) is 0. The Balaban J connectivity index is 2.18. The summed E-state index contributed by atoms with van der Waals surface area (Å²) >= 11 is 0. The second-order valence-corrected chi connectivity index (χ2v) is 9.59. The zero-order chi connectivity index (χ0) is 22.5. The maximum absolute atomic E-state index is 12.9. The molecule has 0 aromatic heterocycles. The molecule has 162 valence electrons. The topological polar surface area (TPSA) is 108 Å². The van der Waals surface area contributed by atoms with Gasteiger partial charge in [0.2, 0.25) is 15.9 Å². The lowest BCUT2D eigenvalue weighted by Crippen LogP contribution is -2.48. The van der Waals surface area contributed by atoms with Crippen LogP contribution >= 0.6 is 0 Å². The molecule has 30 heavy (non-hydrogen) atoms. The average molecular weight is 433 g/mol. The average Bonchev–Trinajstić information content (AvgIpc) is 2.68. The monoisotopic (exact) mass is 432 g/mol. The van der Waals surface area contributed by atoms with E-state index in [4.69, 9.17) is 0 Å². The van der Waals surface area contributed by atoms with Crippen LogP contribution in [-0.2, 0) is 14.8 Å². The number of nitrogens with one attached hydrogen (secondary N) is 3. The van der Waals surface area contributed by atoms with E-state index >= 15 is 0 Å². The van der Waals surface area contributed by atoms with E-state index in [0.29, 0.717) is 16.9 Å². The van der Waals surface area contributed by atoms with Gasteiger partial charge in [-0.1, -0.05) is 38.1 Å². The highest BCUT2D eigenvalue weighted by Crippen LogP contribution is 2.22. The molecule has 1 atom stereocenters. The van der Waals surface area contributed by atoms with Crippen molar-refractivity contribution in [2.75, 3.05) is 24.7 Å². The van der Waals surface area contributed by atoms with E-state index in [1.807, 2.05) is 19.9 Å². The Hall–Kier alpha value is -2.91. The van der Waals surface area contributed by atoms with Gasteiger partial charge in [-0.15, -0.1) is 0 Å². The van der Waals surface area contributed by atoms with Gasteiger partial charge in [0.25, 0.3) is 0 Å². The van der Waals surface area contributed by atoms with Crippen LogP contribution in [0.4, 0.5) is 16.2 Å². The van der Waals surface area contributed by atoms with E-state index in [-0.39, 0.29) is 10.8 Å². The number of rotatable bonds is 7. The summed E-state index contributed by atoms with van der Waals surface area (Å²) in [7, 11) is -0.756. The van der Waals surface area contributed by atoms with Crippen molar-refractivity contribution in [3.63, 3.8) is 0 Å². The van der Waals surface area contributed by atoms with Gasteiger partial charge < -0.3 is 16.0 Å². The molecule has 3 amide bonds. The molecule has 0 radical (unpaired) electrons. The Morgan fingerprint density at radius 1 is 0.967 bits per heavy atom. The molecule has 8 nitrogen and oxygen atoms in total. The molecule has 0 fully saturated rings. The van der Waals surface area contributed by atoms with Gasteiger partial charge in [-0.3, -0.25) is 4.79 Å². The first-order valence-electron chi connectivity index (χ1n) is 9.49. The Labute approximate surface area is 177 Å². The molecule has 2 aromatic carbocycles. The summed E-state index contributed by atoms with van der Waals surface area (Å²) < 4.78 is 25.9. The van der Waals surface area contributed by atoms with Crippen molar-refractivity contribution in [1.82, 2.24) is 9.62 Å². The molecule has 1 unspecified atom stereocenters. The van der Waals surface area contributed by atoms with Gasteiger partial charge in [-0.25, -0.2) is 17.5 Å². The van der Waals surface area contributed by atoms with Crippen molar-refractivity contribution >= 4 is 33.3 Å². The first-order valence-corrected chi connectivity index (χ1v) is 10.9. The number of para-hydroxylation sites is 1. The molecule has 0 saturated heterocycles. The molecule has 0 aliphatic carbocycles. The van der Waals surface area contributed by atoms with Gasteiger partial charge in [-0.2, -0.15) is 0 Å². The van der Waals surface area contributed by atoms with Crippen LogP contribution in [0.2, 0.25) is 0 Å². The number of hydrogen-bond donors (Lipinski definition) is 3. The van der Waals surface area contributed by atoms with Gasteiger partial charge in [0, 0.05) is 25.5 Å². The lowest BCUT2D eigenvalue weighted by Gasteiger charge is -2.23. The van der Waals surface area contributed by atoms with Gasteiger partial charge in [0.1, 0.15) is 6.04 Å². The predicted octanol–water partition coefficient (Wildman–Crippen LogP) is 3.03. The van der Waals surface area contributed by atoms with Crippen LogP contribution in [0.15, 0.2) is 53.4 Å². The molecule has 9 heteroatoms. The molecule has 0 aliphatic heterocycles. The minimum absolute atomic E-state index is 0.0734. The third-order valence-corrected chi connectivity index (χ3v) is 6.32. The minimum Gasteiger partial charge on any atom is -0.326 e. The second kappa shape index (κ2) is 9.73. The van der Waals surface area contributed by atoms with E-state index in [2.05, 4.69) is 16.0 Å². The summed E-state index contributed by atoms with van der Waals surface area (Å²) in [5.74, 6) is -0.628. The van der Waals surface area contributed by atoms with Crippen molar-refractivity contribution in [3.8, 4) is 0 Å². The highest BCUT2D eigenvalue weighted by molar-refractivity contribution is 7.89. The maximum Gasteiger partial charge on any atom is 0.319 e. The largest absolute Gasteiger partial charge is 0.326 e. The number of sulfonamides is 1. The van der Waals surface area contributed by atoms with Gasteiger partial charge in [0.15, 0.2) is 0 Å². The van der Waals surface area contributed by atoms with Crippen molar-refractivity contribution in [1.29, 1.82) is 0 Å². The van der Waals surface area contributed by atoms with E-state index < -0.39 is 28.0 Å². The number of urea groups is 1.